The zero-order valence-corrected chi connectivity index (χ0v) is 10.4. The van der Waals surface area contributed by atoms with Crippen LogP contribution < -0.4 is 5.73 Å². The fourth-order valence-corrected chi connectivity index (χ4v) is 4.23. The largest absolute Gasteiger partial charge is 0.326 e. The number of nitrogens with zero attached hydrogens (tertiary/aromatic N) is 1. The molecule has 1 aliphatic heterocycles. The number of piperidine rings is 1. The molecule has 0 aromatic rings. The monoisotopic (exact) mass is 222 g/mol. The highest BCUT2D eigenvalue weighted by Crippen LogP contribution is 2.38. The Kier molecular flexibility index (Phi) is 3.21. The summed E-state index contributed by atoms with van der Waals surface area (Å²) in [6.07, 6.45) is 11.5. The molecule has 1 heterocycles. The molecule has 92 valence electrons. The van der Waals surface area contributed by atoms with Gasteiger partial charge in [0.2, 0.25) is 0 Å². The normalized spacial score (nSPS) is 38.1. The van der Waals surface area contributed by atoms with E-state index in [9.17, 15) is 0 Å². The number of hydrogen-bond acceptors (Lipinski definition) is 2. The highest BCUT2D eigenvalue weighted by atomic mass is 15.2. The number of fused-ring (bicyclic) bond motifs is 2. The van der Waals surface area contributed by atoms with Gasteiger partial charge >= 0.3 is 0 Å². The van der Waals surface area contributed by atoms with Crippen molar-refractivity contribution < 1.29 is 0 Å². The first kappa shape index (κ1) is 11.0. The van der Waals surface area contributed by atoms with Crippen LogP contribution in [0.2, 0.25) is 0 Å². The summed E-state index contributed by atoms with van der Waals surface area (Å²) in [6, 6.07) is 1.36. The second kappa shape index (κ2) is 4.66. The lowest BCUT2D eigenvalue weighted by atomic mass is 9.84. The second-order valence-electron chi connectivity index (χ2n) is 6.35. The quantitative estimate of drug-likeness (QED) is 0.794. The topological polar surface area (TPSA) is 29.3 Å². The standard InChI is InChI=1S/C14H26N2/c15-14(12-4-2-1-3-5-12)10-16-9-11-6-7-13(16)8-11/h11-14H,1-10,15H2. The average molecular weight is 222 g/mol. The van der Waals surface area contributed by atoms with Crippen LogP contribution in [0, 0.1) is 11.8 Å². The molecule has 16 heavy (non-hydrogen) atoms. The molecule has 2 N–H and O–H groups in total. The van der Waals surface area contributed by atoms with Gasteiger partial charge in [-0.25, -0.2) is 0 Å². The Morgan fingerprint density at radius 1 is 1.06 bits per heavy atom. The third kappa shape index (κ3) is 2.14. The van der Waals surface area contributed by atoms with Crippen molar-refractivity contribution in [2.45, 2.75) is 63.5 Å². The Morgan fingerprint density at radius 3 is 2.50 bits per heavy atom. The molecular weight excluding hydrogens is 196 g/mol. The summed E-state index contributed by atoms with van der Waals surface area (Å²) < 4.78 is 0. The average Bonchev–Trinajstić information content (AvgIpc) is 2.92. The molecular formula is C14H26N2. The van der Waals surface area contributed by atoms with E-state index in [0.29, 0.717) is 6.04 Å². The molecule has 2 saturated carbocycles. The molecule has 0 amide bonds. The van der Waals surface area contributed by atoms with Crippen LogP contribution in [0.1, 0.15) is 51.4 Å². The molecule has 2 heteroatoms. The Labute approximate surface area is 99.6 Å². The van der Waals surface area contributed by atoms with Crippen molar-refractivity contribution >= 4 is 0 Å². The van der Waals surface area contributed by atoms with Gasteiger partial charge in [0.05, 0.1) is 0 Å². The molecule has 0 radical (unpaired) electrons. The Balaban J connectivity index is 1.50. The Morgan fingerprint density at radius 2 is 1.88 bits per heavy atom. The SMILES string of the molecule is NC(CN1CC2CCC1C2)C1CCCCC1. The van der Waals surface area contributed by atoms with Gasteiger partial charge in [0.25, 0.3) is 0 Å². The van der Waals surface area contributed by atoms with Gasteiger partial charge in [-0.1, -0.05) is 19.3 Å². The van der Waals surface area contributed by atoms with Gasteiger partial charge in [-0.15, -0.1) is 0 Å². The van der Waals surface area contributed by atoms with Gasteiger partial charge in [0.1, 0.15) is 0 Å². The molecule has 3 atom stereocenters. The summed E-state index contributed by atoms with van der Waals surface area (Å²) in [4.78, 5) is 2.70. The fraction of sp³-hybridized carbons (Fsp3) is 1.00. The van der Waals surface area contributed by atoms with E-state index in [0.717, 1.165) is 17.9 Å². The highest BCUT2D eigenvalue weighted by molar-refractivity contribution is 4.94. The summed E-state index contributed by atoms with van der Waals surface area (Å²) in [5.74, 6) is 1.84. The van der Waals surface area contributed by atoms with E-state index in [-0.39, 0.29) is 0 Å². The summed E-state index contributed by atoms with van der Waals surface area (Å²) >= 11 is 0. The third-order valence-electron chi connectivity index (χ3n) is 5.22. The zero-order chi connectivity index (χ0) is 11.0. The lowest BCUT2D eigenvalue weighted by molar-refractivity contribution is 0.170. The van der Waals surface area contributed by atoms with Crippen molar-refractivity contribution in [3.8, 4) is 0 Å². The van der Waals surface area contributed by atoms with Gasteiger partial charge in [-0.3, -0.25) is 4.90 Å². The van der Waals surface area contributed by atoms with Crippen LogP contribution in [0.15, 0.2) is 0 Å². The van der Waals surface area contributed by atoms with Crippen LogP contribution in [0.4, 0.5) is 0 Å². The smallest absolute Gasteiger partial charge is 0.0196 e. The Bertz CT molecular complexity index is 235. The van der Waals surface area contributed by atoms with Crippen LogP contribution in [-0.4, -0.2) is 30.1 Å². The van der Waals surface area contributed by atoms with Crippen LogP contribution in [-0.2, 0) is 0 Å². The van der Waals surface area contributed by atoms with Gasteiger partial charge in [0.15, 0.2) is 0 Å². The van der Waals surface area contributed by atoms with E-state index in [1.807, 2.05) is 0 Å². The molecule has 3 rings (SSSR count). The molecule has 0 aromatic carbocycles. The lowest BCUT2D eigenvalue weighted by Crippen LogP contribution is -2.45. The second-order valence-corrected chi connectivity index (χ2v) is 6.35. The lowest BCUT2D eigenvalue weighted by Gasteiger charge is -2.34. The summed E-state index contributed by atoms with van der Waals surface area (Å²) in [7, 11) is 0. The first-order valence-corrected chi connectivity index (χ1v) is 7.32. The first-order chi connectivity index (χ1) is 7.83. The predicted molar refractivity (Wildman–Crippen MR) is 67.3 cm³/mol. The fourth-order valence-electron chi connectivity index (χ4n) is 4.23. The number of nitrogens with two attached hydrogens (primary N) is 1. The molecule has 3 aliphatic rings. The van der Waals surface area contributed by atoms with Crippen molar-refractivity contribution in [2.24, 2.45) is 17.6 Å². The summed E-state index contributed by atoms with van der Waals surface area (Å²) in [5, 5.41) is 0. The molecule has 0 spiro atoms. The maximum absolute atomic E-state index is 6.42. The molecule has 1 saturated heterocycles. The molecule has 3 unspecified atom stereocenters. The van der Waals surface area contributed by atoms with Crippen molar-refractivity contribution in [3.05, 3.63) is 0 Å². The minimum Gasteiger partial charge on any atom is -0.326 e. The van der Waals surface area contributed by atoms with Crippen LogP contribution >= 0.6 is 0 Å². The van der Waals surface area contributed by atoms with E-state index < -0.39 is 0 Å². The summed E-state index contributed by atoms with van der Waals surface area (Å²) in [6.45, 7) is 2.54. The maximum Gasteiger partial charge on any atom is 0.0196 e. The first-order valence-electron chi connectivity index (χ1n) is 7.32. The van der Waals surface area contributed by atoms with E-state index in [2.05, 4.69) is 4.90 Å². The number of likely N-dealkylation sites (tertiary alicyclic amines) is 1. The van der Waals surface area contributed by atoms with Gasteiger partial charge in [-0.05, 0) is 43.9 Å². The van der Waals surface area contributed by atoms with E-state index in [4.69, 9.17) is 5.73 Å². The zero-order valence-electron chi connectivity index (χ0n) is 10.4. The van der Waals surface area contributed by atoms with Gasteiger partial charge in [0, 0.05) is 25.2 Å². The minimum atomic E-state index is 0.458. The molecule has 2 bridgehead atoms. The molecule has 2 nitrogen and oxygen atoms in total. The van der Waals surface area contributed by atoms with Crippen molar-refractivity contribution in [3.63, 3.8) is 0 Å². The maximum atomic E-state index is 6.42. The molecule has 2 aliphatic carbocycles. The van der Waals surface area contributed by atoms with Crippen LogP contribution in [0.3, 0.4) is 0 Å². The molecule has 0 aromatic heterocycles. The third-order valence-corrected chi connectivity index (χ3v) is 5.22. The summed E-state index contributed by atoms with van der Waals surface area (Å²) in [5.41, 5.74) is 6.42. The van der Waals surface area contributed by atoms with Gasteiger partial charge < -0.3 is 5.73 Å². The van der Waals surface area contributed by atoms with E-state index in [1.54, 1.807) is 0 Å². The van der Waals surface area contributed by atoms with Crippen molar-refractivity contribution in [2.75, 3.05) is 13.1 Å². The number of hydrogen-bond donors (Lipinski definition) is 1. The predicted octanol–water partition coefficient (Wildman–Crippen LogP) is 2.38. The Hall–Kier alpha value is -0.0800. The molecule has 3 fully saturated rings. The van der Waals surface area contributed by atoms with Gasteiger partial charge in [-0.2, -0.15) is 0 Å². The van der Waals surface area contributed by atoms with Crippen LogP contribution in [0.5, 0.6) is 0 Å². The van der Waals surface area contributed by atoms with Crippen molar-refractivity contribution in [1.82, 2.24) is 4.90 Å². The highest BCUT2D eigenvalue weighted by Gasteiger charge is 2.38. The van der Waals surface area contributed by atoms with E-state index >= 15 is 0 Å². The van der Waals surface area contributed by atoms with Crippen LogP contribution in [0.25, 0.3) is 0 Å². The van der Waals surface area contributed by atoms with Crippen molar-refractivity contribution in [1.29, 1.82) is 0 Å². The van der Waals surface area contributed by atoms with E-state index in [1.165, 1.54) is 64.5 Å². The minimum absolute atomic E-state index is 0.458. The number of rotatable bonds is 3.